The summed E-state index contributed by atoms with van der Waals surface area (Å²) in [5, 5.41) is 9.11. The first-order valence-electron chi connectivity index (χ1n) is 9.50. The molecule has 29 heavy (non-hydrogen) atoms. The number of nitrogens with zero attached hydrogens (tertiary/aromatic N) is 2. The summed E-state index contributed by atoms with van der Waals surface area (Å²) < 4.78 is 1.17. The summed E-state index contributed by atoms with van der Waals surface area (Å²) >= 11 is 2.29. The lowest BCUT2D eigenvalue weighted by atomic mass is 9.92. The van der Waals surface area contributed by atoms with Crippen LogP contribution in [0.1, 0.15) is 22.3 Å². The van der Waals surface area contributed by atoms with Gasteiger partial charge in [0.1, 0.15) is 0 Å². The van der Waals surface area contributed by atoms with E-state index in [1.54, 1.807) is 12.1 Å². The number of hydrogen-bond acceptors (Lipinski definition) is 3. The SMILES string of the molecule is N#Cc1ccc(-c2cc(C(=O)N3CC[C@H](N)C3)ccc2-c2ccc(I)cc2)cc1. The van der Waals surface area contributed by atoms with Gasteiger partial charge in [-0.3, -0.25) is 4.79 Å². The van der Waals surface area contributed by atoms with Crippen LogP contribution in [0.3, 0.4) is 0 Å². The molecular weight excluding hydrogens is 473 g/mol. The van der Waals surface area contributed by atoms with Crippen LogP contribution in [-0.2, 0) is 0 Å². The summed E-state index contributed by atoms with van der Waals surface area (Å²) in [5.74, 6) is 0.0157. The molecule has 3 aromatic carbocycles. The van der Waals surface area contributed by atoms with Crippen LogP contribution in [0.25, 0.3) is 22.3 Å². The van der Waals surface area contributed by atoms with Gasteiger partial charge in [-0.1, -0.05) is 30.3 Å². The van der Waals surface area contributed by atoms with Gasteiger partial charge in [0, 0.05) is 28.3 Å². The standard InChI is InChI=1S/C24H20IN3O/c25-20-8-5-17(6-9-20)22-10-7-19(24(29)28-12-11-21(27)15-28)13-23(22)18-3-1-16(14-26)2-4-18/h1-10,13,21H,11-12,15,27H2/t21-/m0/s1. The first-order valence-corrected chi connectivity index (χ1v) is 10.6. The maximum Gasteiger partial charge on any atom is 0.253 e. The number of hydrogen-bond donors (Lipinski definition) is 1. The van der Waals surface area contributed by atoms with Crippen molar-refractivity contribution in [1.29, 1.82) is 5.26 Å². The van der Waals surface area contributed by atoms with Crippen LogP contribution < -0.4 is 5.73 Å². The highest BCUT2D eigenvalue weighted by Gasteiger charge is 2.25. The molecule has 1 atom stereocenters. The van der Waals surface area contributed by atoms with Gasteiger partial charge >= 0.3 is 0 Å². The van der Waals surface area contributed by atoms with E-state index in [1.807, 2.05) is 35.2 Å². The van der Waals surface area contributed by atoms with Crippen molar-refractivity contribution in [2.45, 2.75) is 12.5 Å². The minimum Gasteiger partial charge on any atom is -0.337 e. The Labute approximate surface area is 184 Å². The van der Waals surface area contributed by atoms with Crippen LogP contribution in [-0.4, -0.2) is 29.9 Å². The van der Waals surface area contributed by atoms with Gasteiger partial charge in [-0.2, -0.15) is 5.26 Å². The molecule has 1 aliphatic rings. The maximum absolute atomic E-state index is 13.0. The summed E-state index contributed by atoms with van der Waals surface area (Å²) in [6, 6.07) is 23.9. The van der Waals surface area contributed by atoms with Gasteiger partial charge < -0.3 is 10.6 Å². The molecule has 3 aromatic rings. The molecule has 2 N–H and O–H groups in total. The predicted octanol–water partition coefficient (Wildman–Crippen LogP) is 4.67. The Morgan fingerprint density at radius 3 is 2.28 bits per heavy atom. The molecule has 5 heteroatoms. The second-order valence-electron chi connectivity index (χ2n) is 7.26. The van der Waals surface area contributed by atoms with Gasteiger partial charge in [-0.15, -0.1) is 0 Å². The van der Waals surface area contributed by atoms with Crippen LogP contribution in [0.2, 0.25) is 0 Å². The topological polar surface area (TPSA) is 70.1 Å². The number of nitriles is 1. The molecule has 0 aliphatic carbocycles. The molecule has 1 heterocycles. The van der Waals surface area contributed by atoms with Crippen molar-refractivity contribution >= 4 is 28.5 Å². The largest absolute Gasteiger partial charge is 0.337 e. The number of benzene rings is 3. The van der Waals surface area contributed by atoms with E-state index in [9.17, 15) is 4.79 Å². The third kappa shape index (κ3) is 4.19. The highest BCUT2D eigenvalue weighted by molar-refractivity contribution is 14.1. The third-order valence-electron chi connectivity index (χ3n) is 5.26. The average molecular weight is 493 g/mol. The van der Waals surface area contributed by atoms with E-state index in [1.165, 1.54) is 3.57 Å². The molecule has 0 saturated carbocycles. The van der Waals surface area contributed by atoms with E-state index in [4.69, 9.17) is 11.0 Å². The zero-order chi connectivity index (χ0) is 20.4. The molecule has 1 saturated heterocycles. The van der Waals surface area contributed by atoms with E-state index in [-0.39, 0.29) is 11.9 Å². The average Bonchev–Trinajstić information content (AvgIpc) is 3.20. The molecule has 144 valence electrons. The Hall–Kier alpha value is -2.69. The number of carbonyl (C=O) groups is 1. The highest BCUT2D eigenvalue weighted by Crippen LogP contribution is 2.34. The first kappa shape index (κ1) is 19.6. The Balaban J connectivity index is 1.79. The lowest BCUT2D eigenvalue weighted by Gasteiger charge is -2.18. The zero-order valence-corrected chi connectivity index (χ0v) is 18.0. The minimum atomic E-state index is 0.0157. The summed E-state index contributed by atoms with van der Waals surface area (Å²) in [6.07, 6.45) is 0.842. The molecule has 1 aliphatic heterocycles. The van der Waals surface area contributed by atoms with Gasteiger partial charge in [0.05, 0.1) is 11.6 Å². The van der Waals surface area contributed by atoms with Crippen LogP contribution in [0.5, 0.6) is 0 Å². The van der Waals surface area contributed by atoms with E-state index >= 15 is 0 Å². The summed E-state index contributed by atoms with van der Waals surface area (Å²) in [4.78, 5) is 14.8. The van der Waals surface area contributed by atoms with Crippen molar-refractivity contribution in [3.05, 3.63) is 81.4 Å². The maximum atomic E-state index is 13.0. The number of halogens is 1. The Morgan fingerprint density at radius 1 is 1.00 bits per heavy atom. The normalized spacial score (nSPS) is 15.9. The molecule has 0 spiro atoms. The van der Waals surface area contributed by atoms with E-state index in [0.717, 1.165) is 28.7 Å². The molecule has 4 nitrogen and oxygen atoms in total. The van der Waals surface area contributed by atoms with Gasteiger partial charge in [0.25, 0.3) is 5.91 Å². The van der Waals surface area contributed by atoms with E-state index < -0.39 is 0 Å². The van der Waals surface area contributed by atoms with Gasteiger partial charge in [0.15, 0.2) is 0 Å². The Morgan fingerprint density at radius 2 is 1.66 bits per heavy atom. The number of carbonyl (C=O) groups excluding carboxylic acids is 1. The van der Waals surface area contributed by atoms with Crippen LogP contribution in [0.4, 0.5) is 0 Å². The predicted molar refractivity (Wildman–Crippen MR) is 123 cm³/mol. The number of rotatable bonds is 3. The van der Waals surface area contributed by atoms with Gasteiger partial charge in [-0.05, 0) is 87.7 Å². The zero-order valence-electron chi connectivity index (χ0n) is 15.8. The first-order chi connectivity index (χ1) is 14.0. The quantitative estimate of drug-likeness (QED) is 0.540. The fraction of sp³-hybridized carbons (Fsp3) is 0.167. The molecule has 0 aromatic heterocycles. The molecule has 0 unspecified atom stereocenters. The number of likely N-dealkylation sites (tertiary alicyclic amines) is 1. The summed E-state index contributed by atoms with van der Waals surface area (Å²) in [7, 11) is 0. The van der Waals surface area contributed by atoms with Crippen molar-refractivity contribution in [3.8, 4) is 28.3 Å². The Kier molecular flexibility index (Phi) is 5.65. The molecule has 4 rings (SSSR count). The molecule has 0 bridgehead atoms. The highest BCUT2D eigenvalue weighted by atomic mass is 127. The molecule has 0 radical (unpaired) electrons. The van der Waals surface area contributed by atoms with Crippen molar-refractivity contribution in [1.82, 2.24) is 4.90 Å². The third-order valence-corrected chi connectivity index (χ3v) is 5.98. The monoisotopic (exact) mass is 493 g/mol. The minimum absolute atomic E-state index is 0.0157. The summed E-state index contributed by atoms with van der Waals surface area (Å²) in [6.45, 7) is 1.30. The Bertz CT molecular complexity index is 1080. The van der Waals surface area contributed by atoms with Crippen molar-refractivity contribution in [2.75, 3.05) is 13.1 Å². The number of nitrogens with two attached hydrogens (primary N) is 1. The lowest BCUT2D eigenvalue weighted by Crippen LogP contribution is -2.31. The van der Waals surface area contributed by atoms with Crippen molar-refractivity contribution in [3.63, 3.8) is 0 Å². The second kappa shape index (κ2) is 8.36. The lowest BCUT2D eigenvalue weighted by molar-refractivity contribution is 0.0791. The van der Waals surface area contributed by atoms with Gasteiger partial charge in [-0.25, -0.2) is 0 Å². The molecule has 1 amide bonds. The van der Waals surface area contributed by atoms with Crippen LogP contribution in [0.15, 0.2) is 66.7 Å². The van der Waals surface area contributed by atoms with Crippen molar-refractivity contribution < 1.29 is 4.79 Å². The molecule has 1 fully saturated rings. The number of amides is 1. The van der Waals surface area contributed by atoms with Crippen LogP contribution in [0, 0.1) is 14.9 Å². The van der Waals surface area contributed by atoms with E-state index in [2.05, 4.69) is 52.9 Å². The van der Waals surface area contributed by atoms with Gasteiger partial charge in [0.2, 0.25) is 0 Å². The second-order valence-corrected chi connectivity index (χ2v) is 8.50. The van der Waals surface area contributed by atoms with E-state index in [0.29, 0.717) is 24.2 Å². The fourth-order valence-corrected chi connectivity index (χ4v) is 4.04. The van der Waals surface area contributed by atoms with Crippen LogP contribution >= 0.6 is 22.6 Å². The summed E-state index contributed by atoms with van der Waals surface area (Å²) in [5.41, 5.74) is 11.4. The smallest absolute Gasteiger partial charge is 0.253 e. The fourth-order valence-electron chi connectivity index (χ4n) is 3.68. The molecular formula is C24H20IN3O. The van der Waals surface area contributed by atoms with Crippen molar-refractivity contribution in [2.24, 2.45) is 5.73 Å².